The fraction of sp³-hybridized carbons (Fsp3) is 0.667. The van der Waals surface area contributed by atoms with Crippen molar-refractivity contribution >= 4 is 5.91 Å². The van der Waals surface area contributed by atoms with Crippen molar-refractivity contribution in [2.24, 2.45) is 0 Å². The average molecular weight is 274 g/mol. The lowest BCUT2D eigenvalue weighted by atomic mass is 9.93. The first kappa shape index (κ1) is 13.5. The molecule has 5 nitrogen and oxygen atoms in total. The number of amides is 1. The molecule has 108 valence electrons. The van der Waals surface area contributed by atoms with E-state index in [1.165, 1.54) is 0 Å². The summed E-state index contributed by atoms with van der Waals surface area (Å²) >= 11 is 0. The topological polar surface area (TPSA) is 49.3 Å². The van der Waals surface area contributed by atoms with Gasteiger partial charge in [0.25, 0.3) is 0 Å². The van der Waals surface area contributed by atoms with Crippen LogP contribution in [-0.4, -0.2) is 58.4 Å². The smallest absolute Gasteiger partial charge is 0.239 e. The summed E-state index contributed by atoms with van der Waals surface area (Å²) < 4.78 is 0. The molecule has 2 aliphatic heterocycles. The molecule has 2 fully saturated rings. The van der Waals surface area contributed by atoms with Crippen molar-refractivity contribution in [1.82, 2.24) is 19.8 Å². The number of nitrogens with zero attached hydrogens (tertiary/aromatic N) is 4. The van der Waals surface area contributed by atoms with Gasteiger partial charge in [0.2, 0.25) is 5.91 Å². The van der Waals surface area contributed by atoms with Crippen molar-refractivity contribution < 1.29 is 4.79 Å². The zero-order valence-corrected chi connectivity index (χ0v) is 12.0. The van der Waals surface area contributed by atoms with E-state index < -0.39 is 0 Å². The summed E-state index contributed by atoms with van der Waals surface area (Å²) in [5, 5.41) is 0. The number of rotatable bonds is 2. The third-order valence-corrected chi connectivity index (χ3v) is 4.61. The van der Waals surface area contributed by atoms with Crippen molar-refractivity contribution in [3.63, 3.8) is 0 Å². The lowest BCUT2D eigenvalue weighted by molar-refractivity contribution is -0.136. The Morgan fingerprint density at radius 1 is 1.20 bits per heavy atom. The Hall–Kier alpha value is -1.49. The van der Waals surface area contributed by atoms with E-state index in [9.17, 15) is 4.79 Å². The second-order valence-corrected chi connectivity index (χ2v) is 5.87. The summed E-state index contributed by atoms with van der Waals surface area (Å²) in [4.78, 5) is 25.3. The van der Waals surface area contributed by atoms with Crippen LogP contribution in [0, 0.1) is 0 Å². The summed E-state index contributed by atoms with van der Waals surface area (Å²) in [6, 6.07) is 0.114. The van der Waals surface area contributed by atoms with Gasteiger partial charge in [-0.05, 0) is 39.3 Å². The molecule has 1 atom stereocenters. The fourth-order valence-electron chi connectivity index (χ4n) is 3.35. The maximum atomic E-state index is 12.5. The summed E-state index contributed by atoms with van der Waals surface area (Å²) in [5.74, 6) is 0.775. The molecule has 0 saturated carbocycles. The molecule has 0 aliphatic carbocycles. The quantitative estimate of drug-likeness (QED) is 0.815. The minimum absolute atomic E-state index is 0.114. The first-order chi connectivity index (χ1) is 9.75. The zero-order valence-electron chi connectivity index (χ0n) is 12.0. The van der Waals surface area contributed by atoms with Crippen LogP contribution in [-0.2, 0) is 4.79 Å². The average Bonchev–Trinajstić information content (AvgIpc) is 2.94. The third-order valence-electron chi connectivity index (χ3n) is 4.61. The number of hydrogen-bond donors (Lipinski definition) is 0. The molecule has 0 bridgehead atoms. The van der Waals surface area contributed by atoms with Crippen LogP contribution in [0.4, 0.5) is 0 Å². The second-order valence-electron chi connectivity index (χ2n) is 5.87. The second kappa shape index (κ2) is 5.87. The molecule has 1 aromatic rings. The van der Waals surface area contributed by atoms with E-state index in [2.05, 4.69) is 21.9 Å². The van der Waals surface area contributed by atoms with Crippen molar-refractivity contribution in [1.29, 1.82) is 0 Å². The summed E-state index contributed by atoms with van der Waals surface area (Å²) in [5.41, 5.74) is 1.07. The van der Waals surface area contributed by atoms with Gasteiger partial charge in [-0.2, -0.15) is 0 Å². The van der Waals surface area contributed by atoms with E-state index in [1.54, 1.807) is 12.4 Å². The van der Waals surface area contributed by atoms with E-state index in [4.69, 9.17) is 0 Å². The lowest BCUT2D eigenvalue weighted by Gasteiger charge is -2.34. The highest BCUT2D eigenvalue weighted by Crippen LogP contribution is 2.27. The van der Waals surface area contributed by atoms with Gasteiger partial charge in [0.05, 0.1) is 11.7 Å². The Kier molecular flexibility index (Phi) is 3.96. The zero-order chi connectivity index (χ0) is 13.9. The predicted molar refractivity (Wildman–Crippen MR) is 76.2 cm³/mol. The van der Waals surface area contributed by atoms with E-state index in [0.29, 0.717) is 11.8 Å². The van der Waals surface area contributed by atoms with Crippen LogP contribution in [0.3, 0.4) is 0 Å². The number of carbonyl (C=O) groups excluding carboxylic acids is 1. The maximum Gasteiger partial charge on any atom is 0.239 e. The van der Waals surface area contributed by atoms with Crippen LogP contribution < -0.4 is 0 Å². The predicted octanol–water partition coefficient (Wildman–Crippen LogP) is 1.28. The van der Waals surface area contributed by atoms with Gasteiger partial charge in [-0.25, -0.2) is 0 Å². The Balaban J connectivity index is 1.57. The van der Waals surface area contributed by atoms with Gasteiger partial charge in [0.15, 0.2) is 0 Å². The number of hydrogen-bond acceptors (Lipinski definition) is 4. The van der Waals surface area contributed by atoms with Crippen LogP contribution in [0.5, 0.6) is 0 Å². The number of likely N-dealkylation sites (N-methyl/N-ethyl adjacent to an activating group) is 1. The Labute approximate surface area is 120 Å². The highest BCUT2D eigenvalue weighted by molar-refractivity contribution is 5.82. The van der Waals surface area contributed by atoms with E-state index in [0.717, 1.165) is 51.0 Å². The Morgan fingerprint density at radius 3 is 2.60 bits per heavy atom. The van der Waals surface area contributed by atoms with Gasteiger partial charge in [-0.3, -0.25) is 19.7 Å². The molecule has 0 spiro atoms. The lowest BCUT2D eigenvalue weighted by Crippen LogP contribution is -2.47. The standard InChI is InChI=1S/C15H22N4O/c1-18-8-2-3-14(18)15(20)19-9-4-12(5-10-19)13-11-16-6-7-17-13/h6-7,11-12,14H,2-5,8-10H2,1H3/t14-/m0/s1. The SMILES string of the molecule is CN1CCC[C@H]1C(=O)N1CCC(c2cnccn2)CC1. The van der Waals surface area contributed by atoms with Crippen molar-refractivity contribution in [2.75, 3.05) is 26.7 Å². The minimum atomic E-state index is 0.114. The Morgan fingerprint density at radius 2 is 2.00 bits per heavy atom. The van der Waals surface area contributed by atoms with Crippen molar-refractivity contribution in [2.45, 2.75) is 37.6 Å². The summed E-state index contributed by atoms with van der Waals surface area (Å²) in [6.07, 6.45) is 9.47. The third kappa shape index (κ3) is 2.68. The highest BCUT2D eigenvalue weighted by atomic mass is 16.2. The van der Waals surface area contributed by atoms with Crippen LogP contribution in [0.25, 0.3) is 0 Å². The van der Waals surface area contributed by atoms with Crippen molar-refractivity contribution in [3.05, 3.63) is 24.3 Å². The molecule has 1 amide bonds. The first-order valence-electron chi connectivity index (χ1n) is 7.50. The van der Waals surface area contributed by atoms with E-state index in [1.807, 2.05) is 11.1 Å². The summed E-state index contributed by atoms with van der Waals surface area (Å²) in [6.45, 7) is 2.75. The maximum absolute atomic E-state index is 12.5. The Bertz CT molecular complexity index is 456. The van der Waals surface area contributed by atoms with Gasteiger partial charge in [0, 0.05) is 37.6 Å². The van der Waals surface area contributed by atoms with Gasteiger partial charge in [-0.1, -0.05) is 0 Å². The summed E-state index contributed by atoms with van der Waals surface area (Å²) in [7, 11) is 2.06. The fourth-order valence-corrected chi connectivity index (χ4v) is 3.35. The van der Waals surface area contributed by atoms with E-state index in [-0.39, 0.29) is 6.04 Å². The largest absolute Gasteiger partial charge is 0.341 e. The number of carbonyl (C=O) groups is 1. The monoisotopic (exact) mass is 274 g/mol. The van der Waals surface area contributed by atoms with Crippen LogP contribution in [0.2, 0.25) is 0 Å². The molecule has 20 heavy (non-hydrogen) atoms. The van der Waals surface area contributed by atoms with Gasteiger partial charge in [-0.15, -0.1) is 0 Å². The van der Waals surface area contributed by atoms with Crippen LogP contribution in [0.1, 0.15) is 37.3 Å². The number of piperidine rings is 1. The van der Waals surface area contributed by atoms with Crippen LogP contribution >= 0.6 is 0 Å². The molecular weight excluding hydrogens is 252 g/mol. The molecular formula is C15H22N4O. The van der Waals surface area contributed by atoms with Gasteiger partial charge < -0.3 is 4.90 Å². The first-order valence-corrected chi connectivity index (χ1v) is 7.50. The minimum Gasteiger partial charge on any atom is -0.341 e. The molecule has 3 rings (SSSR count). The molecule has 0 unspecified atom stereocenters. The molecule has 3 heterocycles. The molecule has 1 aromatic heterocycles. The molecule has 2 saturated heterocycles. The molecule has 5 heteroatoms. The van der Waals surface area contributed by atoms with E-state index >= 15 is 0 Å². The van der Waals surface area contributed by atoms with Crippen LogP contribution in [0.15, 0.2) is 18.6 Å². The number of likely N-dealkylation sites (tertiary alicyclic amines) is 2. The molecule has 0 N–H and O–H groups in total. The molecule has 0 radical (unpaired) electrons. The van der Waals surface area contributed by atoms with Gasteiger partial charge >= 0.3 is 0 Å². The van der Waals surface area contributed by atoms with Crippen molar-refractivity contribution in [3.8, 4) is 0 Å². The van der Waals surface area contributed by atoms with Gasteiger partial charge in [0.1, 0.15) is 0 Å². The highest BCUT2D eigenvalue weighted by Gasteiger charge is 2.33. The molecule has 0 aromatic carbocycles. The normalized spacial score (nSPS) is 25.1. The number of aromatic nitrogens is 2. The molecule has 2 aliphatic rings.